The van der Waals surface area contributed by atoms with E-state index < -0.39 is 0 Å². The quantitative estimate of drug-likeness (QED) is 0.640. The molecular weight excluding hydrogens is 248 g/mol. The minimum absolute atomic E-state index is 0.541. The molecule has 3 nitrogen and oxygen atoms in total. The van der Waals surface area contributed by atoms with Crippen molar-refractivity contribution in [3.8, 4) is 5.69 Å². The van der Waals surface area contributed by atoms with Crippen LogP contribution in [0.15, 0.2) is 36.4 Å². The first-order chi connectivity index (χ1) is 9.59. The van der Waals surface area contributed by atoms with Gasteiger partial charge in [-0.15, -0.1) is 0 Å². The summed E-state index contributed by atoms with van der Waals surface area (Å²) in [6.45, 7) is 10.0. The molecule has 0 spiro atoms. The Balaban J connectivity index is 2.09. The summed E-state index contributed by atoms with van der Waals surface area (Å²) in [5, 5.41) is 0. The molecule has 2 rings (SSSR count). The summed E-state index contributed by atoms with van der Waals surface area (Å²) in [5.41, 5.74) is 8.03. The van der Waals surface area contributed by atoms with Crippen molar-refractivity contribution in [1.29, 1.82) is 0 Å². The molecule has 0 saturated heterocycles. The standard InChI is InChI=1S/C17H24N2O/c1-13(2)12-20-18-11-16-10-14(3)19(15(16)4)17-8-6-5-7-9-17/h5-10,13,18H,11-12H2,1-4H3. The second-order valence-corrected chi connectivity index (χ2v) is 5.59. The van der Waals surface area contributed by atoms with E-state index in [9.17, 15) is 0 Å². The fourth-order valence-electron chi connectivity index (χ4n) is 2.34. The van der Waals surface area contributed by atoms with Gasteiger partial charge in [-0.05, 0) is 43.5 Å². The lowest BCUT2D eigenvalue weighted by Crippen LogP contribution is -2.17. The molecule has 0 aliphatic carbocycles. The molecule has 2 aromatic rings. The predicted molar refractivity (Wildman–Crippen MR) is 82.9 cm³/mol. The lowest BCUT2D eigenvalue weighted by atomic mass is 10.2. The molecule has 0 radical (unpaired) electrons. The summed E-state index contributed by atoms with van der Waals surface area (Å²) in [6.07, 6.45) is 0. The number of para-hydroxylation sites is 1. The highest BCUT2D eigenvalue weighted by molar-refractivity contribution is 5.40. The molecule has 1 heterocycles. The topological polar surface area (TPSA) is 26.2 Å². The largest absolute Gasteiger partial charge is 0.318 e. The van der Waals surface area contributed by atoms with Gasteiger partial charge in [-0.2, -0.15) is 5.48 Å². The van der Waals surface area contributed by atoms with E-state index in [1.54, 1.807) is 0 Å². The van der Waals surface area contributed by atoms with Gasteiger partial charge in [-0.1, -0.05) is 32.0 Å². The van der Waals surface area contributed by atoms with Crippen LogP contribution in [0.1, 0.15) is 30.8 Å². The zero-order valence-corrected chi connectivity index (χ0v) is 12.8. The molecule has 1 N–H and O–H groups in total. The number of nitrogens with zero attached hydrogens (tertiary/aromatic N) is 1. The molecule has 0 aliphatic heterocycles. The van der Waals surface area contributed by atoms with E-state index in [1.807, 2.05) is 6.07 Å². The fraction of sp³-hybridized carbons (Fsp3) is 0.412. The zero-order valence-electron chi connectivity index (χ0n) is 12.8. The number of nitrogens with one attached hydrogen (secondary N) is 1. The molecule has 0 fully saturated rings. The monoisotopic (exact) mass is 272 g/mol. The third-order valence-corrected chi connectivity index (χ3v) is 3.33. The smallest absolute Gasteiger partial charge is 0.0705 e. The summed E-state index contributed by atoms with van der Waals surface area (Å²) in [4.78, 5) is 5.45. The van der Waals surface area contributed by atoms with Crippen LogP contribution in [0.5, 0.6) is 0 Å². The zero-order chi connectivity index (χ0) is 14.5. The van der Waals surface area contributed by atoms with Crippen molar-refractivity contribution in [3.05, 3.63) is 53.3 Å². The van der Waals surface area contributed by atoms with Gasteiger partial charge in [0.15, 0.2) is 0 Å². The van der Waals surface area contributed by atoms with Gasteiger partial charge in [-0.25, -0.2) is 0 Å². The van der Waals surface area contributed by atoms with E-state index in [0.29, 0.717) is 5.92 Å². The number of benzene rings is 1. The highest BCUT2D eigenvalue weighted by atomic mass is 16.6. The Kier molecular flexibility index (Phi) is 4.99. The first kappa shape index (κ1) is 14.8. The Hall–Kier alpha value is -1.58. The van der Waals surface area contributed by atoms with Gasteiger partial charge in [0, 0.05) is 23.6 Å². The van der Waals surface area contributed by atoms with Crippen molar-refractivity contribution in [2.45, 2.75) is 34.2 Å². The average molecular weight is 272 g/mol. The van der Waals surface area contributed by atoms with Crippen molar-refractivity contribution in [2.24, 2.45) is 5.92 Å². The van der Waals surface area contributed by atoms with Gasteiger partial charge in [0.05, 0.1) is 6.61 Å². The van der Waals surface area contributed by atoms with Crippen molar-refractivity contribution in [2.75, 3.05) is 6.61 Å². The summed E-state index contributed by atoms with van der Waals surface area (Å²) in [5.74, 6) is 0.541. The lowest BCUT2D eigenvalue weighted by Gasteiger charge is -2.10. The predicted octanol–water partition coefficient (Wildman–Crippen LogP) is 3.77. The first-order valence-corrected chi connectivity index (χ1v) is 7.17. The van der Waals surface area contributed by atoms with Gasteiger partial charge in [0.2, 0.25) is 0 Å². The van der Waals surface area contributed by atoms with E-state index in [1.165, 1.54) is 22.6 Å². The van der Waals surface area contributed by atoms with Gasteiger partial charge >= 0.3 is 0 Å². The van der Waals surface area contributed by atoms with Crippen molar-refractivity contribution < 1.29 is 4.84 Å². The Morgan fingerprint density at radius 1 is 1.15 bits per heavy atom. The molecule has 0 atom stereocenters. The van der Waals surface area contributed by atoms with E-state index in [-0.39, 0.29) is 0 Å². The molecule has 108 valence electrons. The van der Waals surface area contributed by atoms with Gasteiger partial charge in [0.1, 0.15) is 0 Å². The summed E-state index contributed by atoms with van der Waals surface area (Å²) in [7, 11) is 0. The third kappa shape index (κ3) is 3.50. The number of hydroxylamine groups is 1. The minimum Gasteiger partial charge on any atom is -0.318 e. The Bertz CT molecular complexity index is 544. The second-order valence-electron chi connectivity index (χ2n) is 5.59. The normalized spacial score (nSPS) is 11.2. The van der Waals surface area contributed by atoms with Crippen LogP contribution in [0.4, 0.5) is 0 Å². The lowest BCUT2D eigenvalue weighted by molar-refractivity contribution is 0.0195. The van der Waals surface area contributed by atoms with Crippen LogP contribution in [0.3, 0.4) is 0 Å². The molecule has 0 saturated carbocycles. The molecular formula is C17H24N2O. The van der Waals surface area contributed by atoms with Gasteiger partial charge < -0.3 is 9.40 Å². The maximum atomic E-state index is 5.45. The fourth-order valence-corrected chi connectivity index (χ4v) is 2.34. The van der Waals surface area contributed by atoms with Crippen LogP contribution >= 0.6 is 0 Å². The van der Waals surface area contributed by atoms with Crippen LogP contribution in [0.25, 0.3) is 5.69 Å². The average Bonchev–Trinajstić information content (AvgIpc) is 2.70. The molecule has 20 heavy (non-hydrogen) atoms. The van der Waals surface area contributed by atoms with Crippen molar-refractivity contribution in [3.63, 3.8) is 0 Å². The molecule has 1 aromatic carbocycles. The Morgan fingerprint density at radius 2 is 1.85 bits per heavy atom. The molecule has 0 amide bonds. The highest BCUT2D eigenvalue weighted by Crippen LogP contribution is 2.20. The maximum Gasteiger partial charge on any atom is 0.0705 e. The third-order valence-electron chi connectivity index (χ3n) is 3.33. The van der Waals surface area contributed by atoms with Gasteiger partial charge in [-0.3, -0.25) is 0 Å². The van der Waals surface area contributed by atoms with E-state index in [4.69, 9.17) is 4.84 Å². The molecule has 1 aromatic heterocycles. The molecule has 0 unspecified atom stereocenters. The summed E-state index contributed by atoms with van der Waals surface area (Å²) >= 11 is 0. The number of aromatic nitrogens is 1. The van der Waals surface area contributed by atoms with Crippen LogP contribution in [-0.2, 0) is 11.4 Å². The van der Waals surface area contributed by atoms with Crippen molar-refractivity contribution in [1.82, 2.24) is 10.0 Å². The van der Waals surface area contributed by atoms with E-state index in [2.05, 4.69) is 68.1 Å². The first-order valence-electron chi connectivity index (χ1n) is 7.17. The van der Waals surface area contributed by atoms with E-state index in [0.717, 1.165) is 13.2 Å². The number of rotatable bonds is 6. The van der Waals surface area contributed by atoms with Crippen LogP contribution < -0.4 is 5.48 Å². The SMILES string of the molecule is Cc1cc(CNOCC(C)C)c(C)n1-c1ccccc1. The Morgan fingerprint density at radius 3 is 2.50 bits per heavy atom. The second kappa shape index (κ2) is 6.73. The van der Waals surface area contributed by atoms with Crippen LogP contribution in [-0.4, -0.2) is 11.2 Å². The van der Waals surface area contributed by atoms with Crippen LogP contribution in [0.2, 0.25) is 0 Å². The molecule has 0 aliphatic rings. The number of hydrogen-bond acceptors (Lipinski definition) is 2. The van der Waals surface area contributed by atoms with Crippen LogP contribution in [0, 0.1) is 19.8 Å². The number of aryl methyl sites for hydroxylation is 1. The molecule has 0 bridgehead atoms. The van der Waals surface area contributed by atoms with Crippen molar-refractivity contribution >= 4 is 0 Å². The summed E-state index contributed by atoms with van der Waals surface area (Å²) < 4.78 is 2.28. The minimum atomic E-state index is 0.541. The number of hydrogen-bond donors (Lipinski definition) is 1. The maximum absolute atomic E-state index is 5.45. The molecule has 3 heteroatoms. The van der Waals surface area contributed by atoms with E-state index >= 15 is 0 Å². The van der Waals surface area contributed by atoms with Gasteiger partial charge in [0.25, 0.3) is 0 Å². The summed E-state index contributed by atoms with van der Waals surface area (Å²) in [6, 6.07) is 12.7. The highest BCUT2D eigenvalue weighted by Gasteiger charge is 2.10. The Labute approximate surface area is 121 Å².